The van der Waals surface area contributed by atoms with E-state index in [1.807, 2.05) is 0 Å². The lowest BCUT2D eigenvalue weighted by molar-refractivity contribution is 0.172. The van der Waals surface area contributed by atoms with Crippen molar-refractivity contribution in [1.82, 2.24) is 10.6 Å². The Bertz CT molecular complexity index is 495. The van der Waals surface area contributed by atoms with E-state index in [0.717, 1.165) is 12.3 Å². The van der Waals surface area contributed by atoms with Crippen molar-refractivity contribution in [3.63, 3.8) is 0 Å². The molecule has 1 aromatic rings. The molecule has 1 unspecified atom stereocenters. The first-order valence-corrected chi connectivity index (χ1v) is 7.59. The lowest BCUT2D eigenvalue weighted by atomic mass is 9.83. The van der Waals surface area contributed by atoms with Crippen LogP contribution in [0.1, 0.15) is 37.4 Å². The summed E-state index contributed by atoms with van der Waals surface area (Å²) in [6, 6.07) is 3.77. The number of rotatable bonds is 6. The van der Waals surface area contributed by atoms with Crippen LogP contribution in [0.15, 0.2) is 18.2 Å². The fourth-order valence-corrected chi connectivity index (χ4v) is 2.38. The van der Waals surface area contributed by atoms with Gasteiger partial charge in [-0.1, -0.05) is 36.9 Å². The topological polar surface area (TPSA) is 61.4 Å². The summed E-state index contributed by atoms with van der Waals surface area (Å²) in [6.45, 7) is 0.665. The Balaban J connectivity index is 1.68. The molecule has 1 aromatic carbocycles. The molecular weight excluding hydrogens is 295 g/mol. The number of urea groups is 1. The van der Waals surface area contributed by atoms with Crippen LogP contribution in [0.5, 0.6) is 0 Å². The van der Waals surface area contributed by atoms with Crippen LogP contribution in [0.3, 0.4) is 0 Å². The van der Waals surface area contributed by atoms with Gasteiger partial charge in [-0.25, -0.2) is 9.18 Å². The molecule has 4 nitrogen and oxygen atoms in total. The van der Waals surface area contributed by atoms with Gasteiger partial charge in [0.15, 0.2) is 0 Å². The molecule has 2 rings (SSSR count). The minimum atomic E-state index is -0.964. The Labute approximate surface area is 128 Å². The maximum Gasteiger partial charge on any atom is 0.314 e. The van der Waals surface area contributed by atoms with Crippen LogP contribution >= 0.6 is 11.6 Å². The standard InChI is InChI=1S/C15H20ClFN2O2/c16-12-5-4-11(8-13(12)17)14(20)9-19-15(21)18-7-6-10-2-1-3-10/h4-5,8,10,14,20H,1-3,6-7,9H2,(H2,18,19,21). The van der Waals surface area contributed by atoms with Crippen LogP contribution in [0, 0.1) is 11.7 Å². The molecule has 0 saturated heterocycles. The van der Waals surface area contributed by atoms with Crippen LogP contribution in [0.2, 0.25) is 5.02 Å². The molecule has 6 heteroatoms. The van der Waals surface area contributed by atoms with E-state index in [2.05, 4.69) is 10.6 Å². The second kappa shape index (κ2) is 7.61. The number of hydrogen-bond acceptors (Lipinski definition) is 2. The van der Waals surface area contributed by atoms with Gasteiger partial charge in [-0.15, -0.1) is 0 Å². The number of benzene rings is 1. The van der Waals surface area contributed by atoms with E-state index in [-0.39, 0.29) is 17.6 Å². The van der Waals surface area contributed by atoms with E-state index < -0.39 is 11.9 Å². The van der Waals surface area contributed by atoms with Gasteiger partial charge in [0.2, 0.25) is 0 Å². The van der Waals surface area contributed by atoms with E-state index in [9.17, 15) is 14.3 Å². The normalized spacial score (nSPS) is 16.1. The van der Waals surface area contributed by atoms with E-state index in [4.69, 9.17) is 11.6 Å². The minimum Gasteiger partial charge on any atom is -0.387 e. The van der Waals surface area contributed by atoms with Crippen molar-refractivity contribution in [2.45, 2.75) is 31.8 Å². The first-order chi connectivity index (χ1) is 10.1. The smallest absolute Gasteiger partial charge is 0.314 e. The third-order valence-electron chi connectivity index (χ3n) is 3.85. The fraction of sp³-hybridized carbons (Fsp3) is 0.533. The zero-order chi connectivity index (χ0) is 15.2. The highest BCUT2D eigenvalue weighted by atomic mass is 35.5. The number of aliphatic hydroxyl groups is 1. The lowest BCUT2D eigenvalue weighted by Crippen LogP contribution is -2.39. The molecule has 1 aliphatic carbocycles. The molecule has 2 amide bonds. The average Bonchev–Trinajstić information content (AvgIpc) is 2.42. The van der Waals surface area contributed by atoms with E-state index in [0.29, 0.717) is 12.1 Å². The average molecular weight is 315 g/mol. The second-order valence-electron chi connectivity index (χ2n) is 5.41. The number of hydrogen-bond donors (Lipinski definition) is 3. The molecule has 1 aliphatic rings. The third kappa shape index (κ3) is 4.86. The van der Waals surface area contributed by atoms with Crippen LogP contribution in [-0.4, -0.2) is 24.2 Å². The van der Waals surface area contributed by atoms with E-state index in [1.54, 1.807) is 0 Å². The highest BCUT2D eigenvalue weighted by Crippen LogP contribution is 2.28. The first-order valence-electron chi connectivity index (χ1n) is 7.21. The van der Waals surface area contributed by atoms with Gasteiger partial charge < -0.3 is 15.7 Å². The molecule has 0 aromatic heterocycles. The summed E-state index contributed by atoms with van der Waals surface area (Å²) < 4.78 is 13.3. The lowest BCUT2D eigenvalue weighted by Gasteiger charge is -2.25. The zero-order valence-corrected chi connectivity index (χ0v) is 12.5. The second-order valence-corrected chi connectivity index (χ2v) is 5.82. The molecule has 3 N–H and O–H groups in total. The van der Waals surface area contributed by atoms with Crippen LogP contribution < -0.4 is 10.6 Å². The van der Waals surface area contributed by atoms with Gasteiger partial charge >= 0.3 is 6.03 Å². The van der Waals surface area contributed by atoms with Crippen molar-refractivity contribution in [2.75, 3.05) is 13.1 Å². The first kappa shape index (κ1) is 16.0. The molecule has 0 radical (unpaired) electrons. The summed E-state index contributed by atoms with van der Waals surface area (Å²) >= 11 is 5.58. The molecule has 1 atom stereocenters. The maximum absolute atomic E-state index is 13.3. The predicted octanol–water partition coefficient (Wildman–Crippen LogP) is 3.00. The molecule has 116 valence electrons. The number of halogens is 2. The van der Waals surface area contributed by atoms with Gasteiger partial charge in [0, 0.05) is 13.1 Å². The van der Waals surface area contributed by atoms with Gasteiger partial charge in [0.1, 0.15) is 5.82 Å². The Morgan fingerprint density at radius 2 is 2.19 bits per heavy atom. The van der Waals surface area contributed by atoms with Crippen molar-refractivity contribution < 1.29 is 14.3 Å². The summed E-state index contributed by atoms with van der Waals surface area (Å²) in [5.41, 5.74) is 0.381. The summed E-state index contributed by atoms with van der Waals surface area (Å²) in [5, 5.41) is 15.2. The quantitative estimate of drug-likeness (QED) is 0.756. The van der Waals surface area contributed by atoms with Gasteiger partial charge in [-0.3, -0.25) is 0 Å². The van der Waals surface area contributed by atoms with Crippen LogP contribution in [0.25, 0.3) is 0 Å². The molecule has 0 bridgehead atoms. The highest BCUT2D eigenvalue weighted by Gasteiger charge is 2.17. The number of aliphatic hydroxyl groups excluding tert-OH is 1. The largest absolute Gasteiger partial charge is 0.387 e. The number of carbonyl (C=O) groups is 1. The molecule has 1 saturated carbocycles. The minimum absolute atomic E-state index is 0.00708. The maximum atomic E-state index is 13.3. The summed E-state index contributed by atoms with van der Waals surface area (Å²) in [4.78, 5) is 11.6. The van der Waals surface area contributed by atoms with Crippen molar-refractivity contribution in [3.05, 3.63) is 34.6 Å². The SMILES string of the molecule is O=C(NCCC1CCC1)NCC(O)c1ccc(Cl)c(F)c1. The van der Waals surface area contributed by atoms with Crippen molar-refractivity contribution in [3.8, 4) is 0 Å². The van der Waals surface area contributed by atoms with Crippen molar-refractivity contribution >= 4 is 17.6 Å². The number of carbonyl (C=O) groups excluding carboxylic acids is 1. The highest BCUT2D eigenvalue weighted by molar-refractivity contribution is 6.30. The predicted molar refractivity (Wildman–Crippen MR) is 79.7 cm³/mol. The molecule has 21 heavy (non-hydrogen) atoms. The van der Waals surface area contributed by atoms with Crippen molar-refractivity contribution in [1.29, 1.82) is 0 Å². The number of amides is 2. The molecular formula is C15H20ClFN2O2. The summed E-state index contributed by atoms with van der Waals surface area (Å²) in [6.07, 6.45) is 3.84. The molecule has 0 spiro atoms. The fourth-order valence-electron chi connectivity index (χ4n) is 2.26. The van der Waals surface area contributed by atoms with Gasteiger partial charge in [-0.05, 0) is 30.0 Å². The molecule has 1 fully saturated rings. The van der Waals surface area contributed by atoms with E-state index in [1.165, 1.54) is 37.5 Å². The van der Waals surface area contributed by atoms with Crippen molar-refractivity contribution in [2.24, 2.45) is 5.92 Å². The third-order valence-corrected chi connectivity index (χ3v) is 4.15. The Kier molecular flexibility index (Phi) is 5.82. The Morgan fingerprint density at radius 3 is 2.81 bits per heavy atom. The summed E-state index contributed by atoms with van der Waals surface area (Å²) in [5.74, 6) is 0.158. The number of nitrogens with one attached hydrogen (secondary N) is 2. The van der Waals surface area contributed by atoms with Gasteiger partial charge in [0.25, 0.3) is 0 Å². The molecule has 0 aliphatic heterocycles. The Morgan fingerprint density at radius 1 is 1.43 bits per heavy atom. The zero-order valence-electron chi connectivity index (χ0n) is 11.7. The van der Waals surface area contributed by atoms with E-state index >= 15 is 0 Å². The Hall–Kier alpha value is -1.33. The van der Waals surface area contributed by atoms with Gasteiger partial charge in [-0.2, -0.15) is 0 Å². The van der Waals surface area contributed by atoms with Crippen LogP contribution in [-0.2, 0) is 0 Å². The summed E-state index contributed by atoms with van der Waals surface area (Å²) in [7, 11) is 0. The van der Waals surface area contributed by atoms with Gasteiger partial charge in [0.05, 0.1) is 11.1 Å². The molecule has 0 heterocycles. The van der Waals surface area contributed by atoms with Crippen LogP contribution in [0.4, 0.5) is 9.18 Å². The monoisotopic (exact) mass is 314 g/mol.